The van der Waals surface area contributed by atoms with E-state index in [1.54, 1.807) is 6.20 Å². The number of aryl methyl sites for hydroxylation is 1. The Morgan fingerprint density at radius 1 is 1.14 bits per heavy atom. The average molecular weight is 286 g/mol. The fourth-order valence-electron chi connectivity index (χ4n) is 1.80. The molecule has 0 saturated carbocycles. The summed E-state index contributed by atoms with van der Waals surface area (Å²) >= 11 is 0. The first-order valence-electron chi connectivity index (χ1n) is 7.11. The fraction of sp³-hybridized carbons (Fsp3) is 0.400. The molecule has 0 fully saturated rings. The normalized spacial score (nSPS) is 10.7. The van der Waals surface area contributed by atoms with Crippen molar-refractivity contribution in [2.45, 2.75) is 13.3 Å². The van der Waals surface area contributed by atoms with Crippen molar-refractivity contribution in [3.63, 3.8) is 0 Å². The molecule has 0 amide bonds. The molecule has 0 unspecified atom stereocenters. The molecule has 0 saturated heterocycles. The van der Waals surface area contributed by atoms with E-state index in [1.807, 2.05) is 26.2 Å². The smallest absolute Gasteiger partial charge is 0.244 e. The highest BCUT2D eigenvalue weighted by Crippen LogP contribution is 2.15. The maximum absolute atomic E-state index is 4.39. The Morgan fingerprint density at radius 3 is 2.57 bits per heavy atom. The number of benzene rings is 1. The summed E-state index contributed by atoms with van der Waals surface area (Å²) in [4.78, 5) is 6.49. The summed E-state index contributed by atoms with van der Waals surface area (Å²) in [6.07, 6.45) is 2.65. The Kier molecular flexibility index (Phi) is 5.45. The molecule has 0 spiro atoms. The van der Waals surface area contributed by atoms with Crippen molar-refractivity contribution in [3.8, 4) is 0 Å². The van der Waals surface area contributed by atoms with Crippen molar-refractivity contribution >= 4 is 17.5 Å². The number of hydrogen-bond donors (Lipinski definition) is 2. The average Bonchev–Trinajstić information content (AvgIpc) is 2.48. The number of likely N-dealkylation sites (N-methyl/N-ethyl adjacent to an activating group) is 1. The van der Waals surface area contributed by atoms with Crippen LogP contribution in [-0.4, -0.2) is 47.3 Å². The minimum atomic E-state index is 0.534. The second kappa shape index (κ2) is 7.54. The largest absolute Gasteiger partial charge is 0.352 e. The van der Waals surface area contributed by atoms with E-state index in [0.717, 1.165) is 25.2 Å². The van der Waals surface area contributed by atoms with Gasteiger partial charge in [0, 0.05) is 18.8 Å². The van der Waals surface area contributed by atoms with Crippen molar-refractivity contribution in [3.05, 3.63) is 36.0 Å². The van der Waals surface area contributed by atoms with Crippen molar-refractivity contribution in [2.24, 2.45) is 0 Å². The van der Waals surface area contributed by atoms with Gasteiger partial charge in [0.25, 0.3) is 0 Å². The summed E-state index contributed by atoms with van der Waals surface area (Å²) in [5, 5.41) is 14.3. The van der Waals surface area contributed by atoms with Gasteiger partial charge in [0.1, 0.15) is 0 Å². The molecule has 2 N–H and O–H groups in total. The maximum Gasteiger partial charge on any atom is 0.244 e. The van der Waals surface area contributed by atoms with Gasteiger partial charge in [0.2, 0.25) is 5.95 Å². The molecule has 2 rings (SSSR count). The van der Waals surface area contributed by atoms with Gasteiger partial charge < -0.3 is 15.5 Å². The Hall–Kier alpha value is -2.21. The van der Waals surface area contributed by atoms with E-state index in [9.17, 15) is 0 Å². The summed E-state index contributed by atoms with van der Waals surface area (Å²) < 4.78 is 0. The van der Waals surface area contributed by atoms with Crippen LogP contribution in [-0.2, 0) is 6.42 Å². The lowest BCUT2D eigenvalue weighted by Crippen LogP contribution is -2.21. The van der Waals surface area contributed by atoms with Crippen LogP contribution in [0, 0.1) is 0 Å². The lowest BCUT2D eigenvalue weighted by Gasteiger charge is -2.11. The SMILES string of the molecule is CCc1ccc(Nc2cnnc(NCCN(C)C)n2)cc1. The number of aromatic nitrogens is 3. The third kappa shape index (κ3) is 5.00. The van der Waals surface area contributed by atoms with Gasteiger partial charge in [0.15, 0.2) is 5.82 Å². The van der Waals surface area contributed by atoms with Gasteiger partial charge in [-0.25, -0.2) is 0 Å². The van der Waals surface area contributed by atoms with Crippen LogP contribution in [0.3, 0.4) is 0 Å². The molecule has 0 atom stereocenters. The van der Waals surface area contributed by atoms with Gasteiger partial charge in [-0.1, -0.05) is 19.1 Å². The number of nitrogens with one attached hydrogen (secondary N) is 2. The summed E-state index contributed by atoms with van der Waals surface area (Å²) in [6, 6.07) is 8.29. The van der Waals surface area contributed by atoms with E-state index in [2.05, 4.69) is 49.8 Å². The van der Waals surface area contributed by atoms with Crippen molar-refractivity contribution in [1.29, 1.82) is 0 Å². The molecule has 0 radical (unpaired) electrons. The van der Waals surface area contributed by atoms with E-state index >= 15 is 0 Å². The van der Waals surface area contributed by atoms with Crippen molar-refractivity contribution < 1.29 is 0 Å². The zero-order valence-electron chi connectivity index (χ0n) is 12.8. The second-order valence-electron chi connectivity index (χ2n) is 5.07. The highest BCUT2D eigenvalue weighted by Gasteiger charge is 2.01. The van der Waals surface area contributed by atoms with Crippen LogP contribution >= 0.6 is 0 Å². The predicted octanol–water partition coefficient (Wildman–Crippen LogP) is 2.15. The predicted molar refractivity (Wildman–Crippen MR) is 86.0 cm³/mol. The number of hydrogen-bond acceptors (Lipinski definition) is 6. The molecule has 0 aliphatic rings. The van der Waals surface area contributed by atoms with Crippen molar-refractivity contribution in [1.82, 2.24) is 20.1 Å². The molecular weight excluding hydrogens is 264 g/mol. The Morgan fingerprint density at radius 2 is 1.90 bits per heavy atom. The zero-order valence-corrected chi connectivity index (χ0v) is 12.8. The fourth-order valence-corrected chi connectivity index (χ4v) is 1.80. The van der Waals surface area contributed by atoms with E-state index in [4.69, 9.17) is 0 Å². The van der Waals surface area contributed by atoms with E-state index in [0.29, 0.717) is 11.8 Å². The molecule has 1 heterocycles. The van der Waals surface area contributed by atoms with Crippen LogP contribution in [0.2, 0.25) is 0 Å². The molecule has 6 heteroatoms. The van der Waals surface area contributed by atoms with Gasteiger partial charge in [-0.3, -0.25) is 0 Å². The molecule has 112 valence electrons. The molecule has 2 aromatic rings. The first kappa shape index (κ1) is 15.2. The number of anilines is 3. The quantitative estimate of drug-likeness (QED) is 0.813. The minimum Gasteiger partial charge on any atom is -0.352 e. The molecule has 0 bridgehead atoms. The molecule has 0 aliphatic carbocycles. The van der Waals surface area contributed by atoms with Crippen LogP contribution in [0.4, 0.5) is 17.5 Å². The first-order chi connectivity index (χ1) is 10.2. The molecule has 6 nitrogen and oxygen atoms in total. The second-order valence-corrected chi connectivity index (χ2v) is 5.07. The summed E-state index contributed by atoms with van der Waals surface area (Å²) in [7, 11) is 4.05. The van der Waals surface area contributed by atoms with Gasteiger partial charge in [-0.05, 0) is 38.2 Å². The monoisotopic (exact) mass is 286 g/mol. The first-order valence-corrected chi connectivity index (χ1v) is 7.11. The number of nitrogens with zero attached hydrogens (tertiary/aromatic N) is 4. The summed E-state index contributed by atoms with van der Waals surface area (Å²) in [5.41, 5.74) is 2.30. The van der Waals surface area contributed by atoms with Gasteiger partial charge in [0.05, 0.1) is 6.20 Å². The Balaban J connectivity index is 1.96. The van der Waals surface area contributed by atoms with Gasteiger partial charge in [-0.15, -0.1) is 5.10 Å². The van der Waals surface area contributed by atoms with Crippen LogP contribution in [0.5, 0.6) is 0 Å². The Labute approximate surface area is 125 Å². The van der Waals surface area contributed by atoms with Crippen molar-refractivity contribution in [2.75, 3.05) is 37.8 Å². The minimum absolute atomic E-state index is 0.534. The summed E-state index contributed by atoms with van der Waals surface area (Å²) in [5.74, 6) is 1.22. The van der Waals surface area contributed by atoms with Crippen LogP contribution < -0.4 is 10.6 Å². The van der Waals surface area contributed by atoms with E-state index in [-0.39, 0.29) is 0 Å². The van der Waals surface area contributed by atoms with Gasteiger partial charge in [-0.2, -0.15) is 10.1 Å². The van der Waals surface area contributed by atoms with Crippen LogP contribution in [0.1, 0.15) is 12.5 Å². The molecule has 1 aromatic heterocycles. The molecule has 1 aromatic carbocycles. The van der Waals surface area contributed by atoms with Gasteiger partial charge >= 0.3 is 0 Å². The third-order valence-corrected chi connectivity index (χ3v) is 3.04. The zero-order chi connectivity index (χ0) is 15.1. The maximum atomic E-state index is 4.39. The number of rotatable bonds is 7. The topological polar surface area (TPSA) is 66.0 Å². The van der Waals surface area contributed by atoms with Crippen LogP contribution in [0.25, 0.3) is 0 Å². The lowest BCUT2D eigenvalue weighted by molar-refractivity contribution is 0.425. The highest BCUT2D eigenvalue weighted by molar-refractivity contribution is 5.56. The highest BCUT2D eigenvalue weighted by atomic mass is 15.3. The lowest BCUT2D eigenvalue weighted by atomic mass is 10.1. The standard InChI is InChI=1S/C15H22N6/c1-4-12-5-7-13(8-6-12)18-14-11-17-20-15(19-14)16-9-10-21(2)3/h5-8,11H,4,9-10H2,1-3H3,(H2,16,18,19,20). The molecular formula is C15H22N6. The molecule has 0 aliphatic heterocycles. The van der Waals surface area contributed by atoms with E-state index in [1.165, 1.54) is 5.56 Å². The Bertz CT molecular complexity index is 552. The molecule has 21 heavy (non-hydrogen) atoms. The third-order valence-electron chi connectivity index (χ3n) is 3.04. The summed E-state index contributed by atoms with van der Waals surface area (Å²) in [6.45, 7) is 3.84. The van der Waals surface area contributed by atoms with Crippen LogP contribution in [0.15, 0.2) is 30.5 Å². The van der Waals surface area contributed by atoms with E-state index < -0.39 is 0 Å².